The first-order chi connectivity index (χ1) is 8.69. The van der Waals surface area contributed by atoms with Gasteiger partial charge in [-0.2, -0.15) is 0 Å². The summed E-state index contributed by atoms with van der Waals surface area (Å²) in [5.41, 5.74) is 0.648. The molecule has 0 saturated carbocycles. The summed E-state index contributed by atoms with van der Waals surface area (Å²) in [5.74, 6) is 0.634. The van der Waals surface area contributed by atoms with E-state index in [1.54, 1.807) is 25.4 Å². The molecule has 3 rings (SSSR count). The molecule has 2 unspecified atom stereocenters. The molecule has 2 atom stereocenters. The second-order valence-corrected chi connectivity index (χ2v) is 5.07. The zero-order chi connectivity index (χ0) is 12.7. The highest BCUT2D eigenvalue weighted by Gasteiger charge is 2.46. The molecule has 18 heavy (non-hydrogen) atoms. The summed E-state index contributed by atoms with van der Waals surface area (Å²) in [6.45, 7) is 1.96. The Morgan fingerprint density at radius 3 is 2.67 bits per heavy atom. The Morgan fingerprint density at radius 1 is 1.39 bits per heavy atom. The summed E-state index contributed by atoms with van der Waals surface area (Å²) in [4.78, 5) is 20.8. The van der Waals surface area contributed by atoms with Crippen molar-refractivity contribution in [3.05, 3.63) is 23.9 Å². The van der Waals surface area contributed by atoms with Crippen LogP contribution in [0.25, 0.3) is 0 Å². The highest BCUT2D eigenvalue weighted by molar-refractivity contribution is 5.95. The van der Waals surface area contributed by atoms with Gasteiger partial charge in [0.1, 0.15) is 0 Å². The number of carbonyl (C=O) groups is 1. The number of hydrogen-bond acceptors (Lipinski definition) is 4. The number of hydrogen-bond donors (Lipinski definition) is 0. The van der Waals surface area contributed by atoms with Crippen LogP contribution in [-0.4, -0.2) is 60.0 Å². The molecular formula is C13H17N3O2. The molecule has 3 heterocycles. The second-order valence-electron chi connectivity index (χ2n) is 5.07. The van der Waals surface area contributed by atoms with Crippen molar-refractivity contribution < 1.29 is 9.53 Å². The topological polar surface area (TPSA) is 45.7 Å². The molecule has 2 bridgehead atoms. The Bertz CT molecular complexity index is 448. The van der Waals surface area contributed by atoms with Crippen LogP contribution < -0.4 is 4.74 Å². The molecule has 0 radical (unpaired) electrons. The van der Waals surface area contributed by atoms with Gasteiger partial charge in [-0.3, -0.25) is 4.79 Å². The Balaban J connectivity index is 1.75. The van der Waals surface area contributed by atoms with E-state index in [9.17, 15) is 4.79 Å². The van der Waals surface area contributed by atoms with Crippen molar-refractivity contribution >= 4 is 5.91 Å². The lowest BCUT2D eigenvalue weighted by Crippen LogP contribution is -2.69. The molecule has 2 fully saturated rings. The summed E-state index contributed by atoms with van der Waals surface area (Å²) in [7, 11) is 3.68. The lowest BCUT2D eigenvalue weighted by molar-refractivity contribution is -0.0397. The molecule has 0 aromatic carbocycles. The first kappa shape index (κ1) is 11.5. The van der Waals surface area contributed by atoms with Crippen LogP contribution in [0.3, 0.4) is 0 Å². The number of piperazine rings is 1. The fraction of sp³-hybridized carbons (Fsp3) is 0.538. The van der Waals surface area contributed by atoms with Crippen LogP contribution in [0.5, 0.6) is 5.88 Å². The molecule has 0 aliphatic carbocycles. The second kappa shape index (κ2) is 4.24. The van der Waals surface area contributed by atoms with Crippen LogP contribution in [0.4, 0.5) is 0 Å². The number of aromatic nitrogens is 1. The summed E-state index contributed by atoms with van der Waals surface area (Å²) >= 11 is 0. The van der Waals surface area contributed by atoms with Crippen LogP contribution >= 0.6 is 0 Å². The van der Waals surface area contributed by atoms with E-state index in [0.717, 1.165) is 19.5 Å². The van der Waals surface area contributed by atoms with Gasteiger partial charge in [-0.05, 0) is 19.5 Å². The zero-order valence-corrected chi connectivity index (χ0v) is 10.7. The third-order valence-corrected chi connectivity index (χ3v) is 3.80. The van der Waals surface area contributed by atoms with E-state index >= 15 is 0 Å². The average molecular weight is 247 g/mol. The molecule has 1 aromatic heterocycles. The Hall–Kier alpha value is -1.62. The maximum absolute atomic E-state index is 12.4. The molecule has 2 saturated heterocycles. The van der Waals surface area contributed by atoms with Gasteiger partial charge in [0.15, 0.2) is 0 Å². The Labute approximate surface area is 106 Å². The first-order valence-corrected chi connectivity index (χ1v) is 6.20. The van der Waals surface area contributed by atoms with Crippen LogP contribution in [-0.2, 0) is 0 Å². The number of piperidine rings is 1. The number of likely N-dealkylation sites (N-methyl/N-ethyl adjacent to an activating group) is 1. The number of amides is 1. The minimum absolute atomic E-state index is 0.0968. The summed E-state index contributed by atoms with van der Waals surface area (Å²) in [6.07, 6.45) is 2.73. The quantitative estimate of drug-likeness (QED) is 0.768. The molecule has 5 heteroatoms. The summed E-state index contributed by atoms with van der Waals surface area (Å²) in [6, 6.07) is 4.27. The van der Waals surface area contributed by atoms with E-state index in [2.05, 4.69) is 16.9 Å². The maximum atomic E-state index is 12.4. The van der Waals surface area contributed by atoms with E-state index in [1.807, 2.05) is 4.90 Å². The van der Waals surface area contributed by atoms with Crippen molar-refractivity contribution in [3.8, 4) is 5.88 Å². The first-order valence-electron chi connectivity index (χ1n) is 6.20. The lowest BCUT2D eigenvalue weighted by Gasteiger charge is -2.55. The van der Waals surface area contributed by atoms with Gasteiger partial charge < -0.3 is 14.5 Å². The fourth-order valence-corrected chi connectivity index (χ4v) is 2.93. The van der Waals surface area contributed by atoms with Crippen molar-refractivity contribution in [1.29, 1.82) is 0 Å². The highest BCUT2D eigenvalue weighted by atomic mass is 16.5. The number of methoxy groups -OCH3 is 1. The third kappa shape index (κ3) is 1.75. The molecule has 96 valence electrons. The number of ether oxygens (including phenoxy) is 1. The molecular weight excluding hydrogens is 230 g/mol. The van der Waals surface area contributed by atoms with E-state index in [4.69, 9.17) is 4.74 Å². The number of nitrogens with zero attached hydrogens (tertiary/aromatic N) is 3. The van der Waals surface area contributed by atoms with E-state index in [1.165, 1.54) is 0 Å². The molecule has 0 N–H and O–H groups in total. The normalized spacial score (nSPS) is 26.7. The largest absolute Gasteiger partial charge is 0.481 e. The fourth-order valence-electron chi connectivity index (χ4n) is 2.93. The van der Waals surface area contributed by atoms with Gasteiger partial charge in [0, 0.05) is 37.4 Å². The van der Waals surface area contributed by atoms with Crippen molar-refractivity contribution in [2.75, 3.05) is 27.2 Å². The predicted octanol–water partition coefficient (Wildman–Crippen LogP) is 0.619. The van der Waals surface area contributed by atoms with Crippen LogP contribution in [0.15, 0.2) is 18.3 Å². The third-order valence-electron chi connectivity index (χ3n) is 3.80. The van der Waals surface area contributed by atoms with Gasteiger partial charge in [0.25, 0.3) is 5.91 Å². The molecule has 2 aliphatic rings. The lowest BCUT2D eigenvalue weighted by atomic mass is 9.87. The number of rotatable bonds is 2. The molecule has 5 nitrogen and oxygen atoms in total. The standard InChI is InChI=1S/C13H17N3O2/c1-15-7-10-5-11(8-15)16(10)13(17)9-3-4-12(18-2)14-6-9/h3-4,6,10-11H,5,7-8H2,1-2H3. The molecule has 2 aliphatic heterocycles. The Kier molecular flexibility index (Phi) is 2.70. The van der Waals surface area contributed by atoms with Crippen molar-refractivity contribution in [3.63, 3.8) is 0 Å². The van der Waals surface area contributed by atoms with Crippen LogP contribution in [0.1, 0.15) is 16.8 Å². The van der Waals surface area contributed by atoms with Gasteiger partial charge in [0.05, 0.1) is 12.7 Å². The van der Waals surface area contributed by atoms with Crippen LogP contribution in [0, 0.1) is 0 Å². The highest BCUT2D eigenvalue weighted by Crippen LogP contribution is 2.32. The van der Waals surface area contributed by atoms with Crippen molar-refractivity contribution in [1.82, 2.24) is 14.8 Å². The van der Waals surface area contributed by atoms with Crippen molar-refractivity contribution in [2.45, 2.75) is 18.5 Å². The molecule has 1 aromatic rings. The predicted molar refractivity (Wildman–Crippen MR) is 66.6 cm³/mol. The van der Waals surface area contributed by atoms with Crippen LogP contribution in [0.2, 0.25) is 0 Å². The number of carbonyl (C=O) groups excluding carboxylic acids is 1. The summed E-state index contributed by atoms with van der Waals surface area (Å²) < 4.78 is 5.00. The van der Waals surface area contributed by atoms with Gasteiger partial charge >= 0.3 is 0 Å². The zero-order valence-electron chi connectivity index (χ0n) is 10.7. The SMILES string of the molecule is COc1ccc(C(=O)N2C3CC2CN(C)C3)cn1. The van der Waals surface area contributed by atoms with Crippen molar-refractivity contribution in [2.24, 2.45) is 0 Å². The maximum Gasteiger partial charge on any atom is 0.256 e. The smallest absolute Gasteiger partial charge is 0.256 e. The summed E-state index contributed by atoms with van der Waals surface area (Å²) in [5, 5.41) is 0. The van der Waals surface area contributed by atoms with E-state index in [0.29, 0.717) is 23.5 Å². The monoisotopic (exact) mass is 247 g/mol. The van der Waals surface area contributed by atoms with E-state index in [-0.39, 0.29) is 5.91 Å². The molecule has 1 amide bonds. The van der Waals surface area contributed by atoms with Gasteiger partial charge in [-0.1, -0.05) is 0 Å². The number of pyridine rings is 1. The number of likely N-dealkylation sites (tertiary alicyclic amines) is 2. The van der Waals surface area contributed by atoms with Gasteiger partial charge in [0.2, 0.25) is 5.88 Å². The van der Waals surface area contributed by atoms with Gasteiger partial charge in [-0.15, -0.1) is 0 Å². The molecule has 0 spiro atoms. The van der Waals surface area contributed by atoms with E-state index < -0.39 is 0 Å². The average Bonchev–Trinajstić information content (AvgIpc) is 2.38. The van der Waals surface area contributed by atoms with Gasteiger partial charge in [-0.25, -0.2) is 4.98 Å². The minimum Gasteiger partial charge on any atom is -0.481 e. The number of fused-ring (bicyclic) bond motifs is 2. The minimum atomic E-state index is 0.0968. The Morgan fingerprint density at radius 2 is 2.11 bits per heavy atom.